The lowest BCUT2D eigenvalue weighted by Gasteiger charge is -2.30. The van der Waals surface area contributed by atoms with E-state index in [1.165, 1.54) is 12.1 Å². The second-order valence-corrected chi connectivity index (χ2v) is 8.97. The number of methoxy groups -OCH3 is 1. The quantitative estimate of drug-likeness (QED) is 0.233. The molecule has 200 valence electrons. The van der Waals surface area contributed by atoms with E-state index in [0.29, 0.717) is 30.1 Å². The molecule has 2 N–H and O–H groups in total. The largest absolute Gasteiger partial charge is 0.491 e. The Hall–Kier alpha value is -4.68. The first kappa shape index (κ1) is 27.4. The van der Waals surface area contributed by atoms with Crippen LogP contribution in [0, 0.1) is 18.2 Å². The second kappa shape index (κ2) is 12.2. The highest BCUT2D eigenvalue weighted by Crippen LogP contribution is 2.32. The SMILES string of the molecule is C#Cc1ccc(NC(=O)C([C@@H](C)c2ccccc2)N2C(=O)NC(c3ccc(OCCOC)cc3)C2=O)c(F)c1. The second-order valence-electron chi connectivity index (χ2n) is 8.97. The first-order valence-corrected chi connectivity index (χ1v) is 12.3. The summed E-state index contributed by atoms with van der Waals surface area (Å²) in [6.45, 7) is 2.52. The number of nitrogens with one attached hydrogen (secondary N) is 2. The van der Waals surface area contributed by atoms with Crippen molar-refractivity contribution in [2.75, 3.05) is 25.6 Å². The molecule has 4 amide bonds. The van der Waals surface area contributed by atoms with E-state index in [-0.39, 0.29) is 5.69 Å². The van der Waals surface area contributed by atoms with Crippen LogP contribution in [0.25, 0.3) is 0 Å². The summed E-state index contributed by atoms with van der Waals surface area (Å²) in [7, 11) is 1.57. The van der Waals surface area contributed by atoms with Gasteiger partial charge < -0.3 is 20.1 Å². The van der Waals surface area contributed by atoms with Gasteiger partial charge in [0.2, 0.25) is 5.91 Å². The van der Waals surface area contributed by atoms with Gasteiger partial charge in [-0.15, -0.1) is 6.42 Å². The van der Waals surface area contributed by atoms with Crippen LogP contribution in [0.2, 0.25) is 0 Å². The molecule has 1 saturated heterocycles. The number of nitrogens with zero attached hydrogens (tertiary/aromatic N) is 1. The maximum Gasteiger partial charge on any atom is 0.325 e. The van der Waals surface area contributed by atoms with Gasteiger partial charge in [-0.3, -0.25) is 9.59 Å². The van der Waals surface area contributed by atoms with Gasteiger partial charge in [0.25, 0.3) is 5.91 Å². The van der Waals surface area contributed by atoms with E-state index in [4.69, 9.17) is 15.9 Å². The number of amides is 4. The molecule has 3 atom stereocenters. The molecular weight excluding hydrogens is 501 g/mol. The Kier molecular flexibility index (Phi) is 8.59. The fourth-order valence-corrected chi connectivity index (χ4v) is 4.40. The van der Waals surface area contributed by atoms with Crippen molar-refractivity contribution in [2.24, 2.45) is 0 Å². The van der Waals surface area contributed by atoms with E-state index in [1.807, 2.05) is 6.07 Å². The predicted molar refractivity (Wildman–Crippen MR) is 144 cm³/mol. The van der Waals surface area contributed by atoms with Crippen LogP contribution >= 0.6 is 0 Å². The lowest BCUT2D eigenvalue weighted by Crippen LogP contribution is -2.50. The van der Waals surface area contributed by atoms with Crippen molar-refractivity contribution in [2.45, 2.75) is 24.9 Å². The minimum Gasteiger partial charge on any atom is -0.491 e. The van der Waals surface area contributed by atoms with Gasteiger partial charge in [-0.2, -0.15) is 0 Å². The van der Waals surface area contributed by atoms with Gasteiger partial charge in [0.15, 0.2) is 0 Å². The number of anilines is 1. The third kappa shape index (κ3) is 6.08. The van der Waals surface area contributed by atoms with Crippen LogP contribution in [0.4, 0.5) is 14.9 Å². The Bertz CT molecular complexity index is 1390. The number of carbonyl (C=O) groups excluding carboxylic acids is 3. The Morgan fingerprint density at radius 1 is 1.10 bits per heavy atom. The van der Waals surface area contributed by atoms with Crippen molar-refractivity contribution >= 4 is 23.5 Å². The fraction of sp³-hybridized carbons (Fsp3) is 0.233. The molecule has 3 aromatic rings. The Balaban J connectivity index is 1.62. The van der Waals surface area contributed by atoms with Crippen LogP contribution in [-0.2, 0) is 14.3 Å². The normalized spacial score (nSPS) is 16.3. The van der Waals surface area contributed by atoms with E-state index in [1.54, 1.807) is 62.6 Å². The Morgan fingerprint density at radius 3 is 2.46 bits per heavy atom. The van der Waals surface area contributed by atoms with Gasteiger partial charge >= 0.3 is 6.03 Å². The number of carbonyl (C=O) groups is 3. The molecule has 0 bridgehead atoms. The molecule has 39 heavy (non-hydrogen) atoms. The minimum atomic E-state index is -1.27. The fourth-order valence-electron chi connectivity index (χ4n) is 4.40. The van der Waals surface area contributed by atoms with Crippen molar-refractivity contribution in [1.82, 2.24) is 10.2 Å². The number of halogens is 1. The van der Waals surface area contributed by atoms with Gasteiger partial charge in [-0.05, 0) is 41.5 Å². The van der Waals surface area contributed by atoms with Crippen LogP contribution in [0.15, 0.2) is 72.8 Å². The van der Waals surface area contributed by atoms with Crippen molar-refractivity contribution in [3.05, 3.63) is 95.3 Å². The summed E-state index contributed by atoms with van der Waals surface area (Å²) in [6.07, 6.45) is 5.33. The summed E-state index contributed by atoms with van der Waals surface area (Å²) in [6, 6.07) is 16.7. The number of imide groups is 1. The third-order valence-electron chi connectivity index (χ3n) is 6.48. The molecule has 0 radical (unpaired) electrons. The minimum absolute atomic E-state index is 0.114. The van der Waals surface area contributed by atoms with E-state index >= 15 is 0 Å². The highest BCUT2D eigenvalue weighted by Gasteiger charge is 2.47. The number of rotatable bonds is 10. The molecule has 1 fully saturated rings. The Labute approximate surface area is 226 Å². The zero-order valence-electron chi connectivity index (χ0n) is 21.5. The first-order chi connectivity index (χ1) is 18.8. The average Bonchev–Trinajstić information content (AvgIpc) is 3.24. The molecule has 3 aromatic carbocycles. The molecule has 2 unspecified atom stereocenters. The lowest BCUT2D eigenvalue weighted by molar-refractivity contribution is -0.134. The van der Waals surface area contributed by atoms with Gasteiger partial charge in [0, 0.05) is 18.6 Å². The number of terminal acetylenes is 1. The van der Waals surface area contributed by atoms with Gasteiger partial charge in [-0.1, -0.05) is 55.3 Å². The van der Waals surface area contributed by atoms with Crippen molar-refractivity contribution in [3.8, 4) is 18.1 Å². The number of urea groups is 1. The monoisotopic (exact) mass is 529 g/mol. The molecule has 1 aliphatic heterocycles. The zero-order valence-corrected chi connectivity index (χ0v) is 21.5. The van der Waals surface area contributed by atoms with Crippen LogP contribution in [0.1, 0.15) is 35.6 Å². The highest BCUT2D eigenvalue weighted by molar-refractivity contribution is 6.10. The molecule has 8 nitrogen and oxygen atoms in total. The maximum atomic E-state index is 14.6. The number of hydrogen-bond acceptors (Lipinski definition) is 5. The predicted octanol–water partition coefficient (Wildman–Crippen LogP) is 4.24. The number of hydrogen-bond donors (Lipinski definition) is 2. The average molecular weight is 530 g/mol. The topological polar surface area (TPSA) is 97.0 Å². The molecule has 0 spiro atoms. The summed E-state index contributed by atoms with van der Waals surface area (Å²) >= 11 is 0. The smallest absolute Gasteiger partial charge is 0.325 e. The van der Waals surface area contributed by atoms with E-state index in [0.717, 1.165) is 16.5 Å². The molecule has 0 aliphatic carbocycles. The number of benzene rings is 3. The van der Waals surface area contributed by atoms with Crippen LogP contribution in [0.5, 0.6) is 5.75 Å². The maximum absolute atomic E-state index is 14.6. The molecule has 0 aromatic heterocycles. The highest BCUT2D eigenvalue weighted by atomic mass is 19.1. The molecule has 1 aliphatic rings. The van der Waals surface area contributed by atoms with Crippen LogP contribution in [-0.4, -0.2) is 49.1 Å². The van der Waals surface area contributed by atoms with Crippen molar-refractivity contribution in [3.63, 3.8) is 0 Å². The standard InChI is InChI=1S/C30H28FN3O5/c1-4-20-10-15-25(24(31)18-20)32-28(35)27(19(2)21-8-6-5-7-9-21)34-29(36)26(33-30(34)37)22-11-13-23(14-12-22)39-17-16-38-3/h1,5-15,18-19,26-27H,16-17H2,2-3H3,(H,32,35)(H,33,37)/t19-,26?,27?/m0/s1. The van der Waals surface area contributed by atoms with E-state index in [9.17, 15) is 18.8 Å². The van der Waals surface area contributed by atoms with Crippen LogP contribution in [0.3, 0.4) is 0 Å². The molecule has 4 rings (SSSR count). The summed E-state index contributed by atoms with van der Waals surface area (Å²) in [5.74, 6) is 0.261. The van der Waals surface area contributed by atoms with E-state index < -0.39 is 41.7 Å². The molecular formula is C30H28FN3O5. The lowest BCUT2D eigenvalue weighted by atomic mass is 9.91. The van der Waals surface area contributed by atoms with Crippen molar-refractivity contribution < 1.29 is 28.2 Å². The van der Waals surface area contributed by atoms with Gasteiger partial charge in [0.05, 0.1) is 12.3 Å². The van der Waals surface area contributed by atoms with E-state index in [2.05, 4.69) is 16.6 Å². The first-order valence-electron chi connectivity index (χ1n) is 12.3. The summed E-state index contributed by atoms with van der Waals surface area (Å²) < 4.78 is 25.2. The summed E-state index contributed by atoms with van der Waals surface area (Å²) in [4.78, 5) is 41.3. The molecule has 9 heteroatoms. The summed E-state index contributed by atoms with van der Waals surface area (Å²) in [5.41, 5.74) is 1.45. The molecule has 0 saturated carbocycles. The zero-order chi connectivity index (χ0) is 27.9. The van der Waals surface area contributed by atoms with Crippen molar-refractivity contribution in [1.29, 1.82) is 0 Å². The summed E-state index contributed by atoms with van der Waals surface area (Å²) in [5, 5.41) is 5.21. The Morgan fingerprint density at radius 2 is 1.82 bits per heavy atom. The van der Waals surface area contributed by atoms with Gasteiger partial charge in [-0.25, -0.2) is 14.1 Å². The number of ether oxygens (including phenoxy) is 2. The molecule has 1 heterocycles. The van der Waals surface area contributed by atoms with Crippen LogP contribution < -0.4 is 15.4 Å². The van der Waals surface area contributed by atoms with Gasteiger partial charge in [0.1, 0.15) is 30.3 Å². The third-order valence-corrected chi connectivity index (χ3v) is 6.48.